The van der Waals surface area contributed by atoms with Crippen LogP contribution in [-0.4, -0.2) is 14.5 Å². The van der Waals surface area contributed by atoms with Gasteiger partial charge in [0.1, 0.15) is 16.0 Å². The van der Waals surface area contributed by atoms with E-state index in [1.807, 2.05) is 12.1 Å². The third-order valence-corrected chi connectivity index (χ3v) is 11.9. The predicted molar refractivity (Wildman–Crippen MR) is 222 cm³/mol. The fourth-order valence-electron chi connectivity index (χ4n) is 8.42. The molecule has 0 fully saturated rings. The molecule has 0 saturated carbocycles. The van der Waals surface area contributed by atoms with Crippen LogP contribution in [0.25, 0.3) is 114 Å². The molecule has 12 rings (SSSR count). The van der Waals surface area contributed by atoms with Crippen molar-refractivity contribution in [2.45, 2.75) is 0 Å². The van der Waals surface area contributed by atoms with Gasteiger partial charge in [-0.1, -0.05) is 121 Å². The summed E-state index contributed by atoms with van der Waals surface area (Å²) < 4.78 is 9.72. The molecule has 53 heavy (non-hydrogen) atoms. The van der Waals surface area contributed by atoms with E-state index in [2.05, 4.69) is 156 Å². The second kappa shape index (κ2) is 10.8. The number of fused-ring (bicyclic) bond motifs is 13. The van der Waals surface area contributed by atoms with Crippen molar-refractivity contribution in [2.75, 3.05) is 0 Å². The van der Waals surface area contributed by atoms with Crippen LogP contribution < -0.4 is 0 Å². The molecule has 0 N–H and O–H groups in total. The summed E-state index contributed by atoms with van der Waals surface area (Å²) in [4.78, 5) is 11.9. The topological polar surface area (TPSA) is 43.9 Å². The molecule has 0 spiro atoms. The molecule has 0 amide bonds. The Morgan fingerprint density at radius 2 is 1.06 bits per heavy atom. The Labute approximate surface area is 306 Å². The highest BCUT2D eigenvalue weighted by Crippen LogP contribution is 2.44. The molecule has 4 nitrogen and oxygen atoms in total. The molecule has 0 aliphatic rings. The van der Waals surface area contributed by atoms with Crippen LogP contribution >= 0.6 is 11.3 Å². The fourth-order valence-corrected chi connectivity index (χ4v) is 9.47. The minimum Gasteiger partial charge on any atom is -0.456 e. The SMILES string of the molecule is c1ccc(-c2nc(-n3c4ccc5ccccc5c4c4c5ccccc5ccc43)nc3sc4ccc(-c5ccc6c(c5)oc5ccccc56)cc4c23)cc1. The van der Waals surface area contributed by atoms with Crippen LogP contribution in [0.15, 0.2) is 168 Å². The maximum atomic E-state index is 6.27. The van der Waals surface area contributed by atoms with E-state index in [1.54, 1.807) is 11.3 Å². The molecule has 0 unspecified atom stereocenters. The third-order valence-electron chi connectivity index (χ3n) is 10.8. The van der Waals surface area contributed by atoms with Crippen molar-refractivity contribution in [3.8, 4) is 28.3 Å². The van der Waals surface area contributed by atoms with Gasteiger partial charge in [0.05, 0.1) is 16.7 Å². The van der Waals surface area contributed by atoms with E-state index >= 15 is 0 Å². The summed E-state index contributed by atoms with van der Waals surface area (Å²) >= 11 is 1.72. The van der Waals surface area contributed by atoms with Crippen molar-refractivity contribution in [1.82, 2.24) is 14.5 Å². The first-order valence-electron chi connectivity index (χ1n) is 17.8. The Kier molecular flexibility index (Phi) is 5.90. The summed E-state index contributed by atoms with van der Waals surface area (Å²) in [6.07, 6.45) is 0. The van der Waals surface area contributed by atoms with Gasteiger partial charge in [-0.3, -0.25) is 4.57 Å². The summed E-state index contributed by atoms with van der Waals surface area (Å²) in [6.45, 7) is 0. The second-order valence-corrected chi connectivity index (χ2v) is 14.8. The van der Waals surface area contributed by atoms with E-state index in [0.717, 1.165) is 71.0 Å². The van der Waals surface area contributed by atoms with Crippen LogP contribution in [0.1, 0.15) is 0 Å². The Morgan fingerprint density at radius 3 is 1.81 bits per heavy atom. The number of rotatable bonds is 3. The van der Waals surface area contributed by atoms with Gasteiger partial charge in [0, 0.05) is 42.6 Å². The number of hydrogen-bond acceptors (Lipinski definition) is 4. The summed E-state index contributed by atoms with van der Waals surface area (Å²) in [7, 11) is 0. The smallest absolute Gasteiger partial charge is 0.236 e. The highest BCUT2D eigenvalue weighted by Gasteiger charge is 2.22. The van der Waals surface area contributed by atoms with E-state index in [1.165, 1.54) is 37.0 Å². The van der Waals surface area contributed by atoms with Gasteiger partial charge < -0.3 is 4.42 Å². The first-order chi connectivity index (χ1) is 26.3. The average Bonchev–Trinajstić information content (AvgIpc) is 3.89. The maximum Gasteiger partial charge on any atom is 0.236 e. The first kappa shape index (κ1) is 28.8. The molecule has 0 bridgehead atoms. The standard InChI is InChI=1S/C48H27N3OS/c1-2-12-30(13-3-1)46-45-37-26-31(32-18-22-36-35-16-8-9-17-40(35)52-41(36)27-32)21-25-42(37)53-47(45)50-48(49-46)51-38-23-19-28-10-4-6-14-33(28)43(38)44-34-15-7-5-11-29(34)20-24-39(44)51/h1-27H. The minimum absolute atomic E-state index is 0.670. The zero-order valence-electron chi connectivity index (χ0n) is 28.2. The number of hydrogen-bond donors (Lipinski definition) is 0. The van der Waals surface area contributed by atoms with Crippen LogP contribution in [0, 0.1) is 0 Å². The monoisotopic (exact) mass is 693 g/mol. The first-order valence-corrected chi connectivity index (χ1v) is 18.6. The van der Waals surface area contributed by atoms with Gasteiger partial charge in [0.15, 0.2) is 0 Å². The van der Waals surface area contributed by atoms with Gasteiger partial charge in [-0.05, 0) is 75.1 Å². The summed E-state index contributed by atoms with van der Waals surface area (Å²) in [5.74, 6) is 0.670. The summed E-state index contributed by atoms with van der Waals surface area (Å²) in [6, 6.07) is 58.3. The highest BCUT2D eigenvalue weighted by atomic mass is 32.1. The highest BCUT2D eigenvalue weighted by molar-refractivity contribution is 7.25. The largest absolute Gasteiger partial charge is 0.456 e. The van der Waals surface area contributed by atoms with E-state index in [4.69, 9.17) is 14.4 Å². The molecular formula is C48H27N3OS. The van der Waals surface area contributed by atoms with Gasteiger partial charge in [-0.2, -0.15) is 0 Å². The Balaban J connectivity index is 1.14. The van der Waals surface area contributed by atoms with Gasteiger partial charge in [0.2, 0.25) is 5.95 Å². The lowest BCUT2D eigenvalue weighted by molar-refractivity contribution is 0.669. The van der Waals surface area contributed by atoms with Crippen molar-refractivity contribution in [2.24, 2.45) is 0 Å². The van der Waals surface area contributed by atoms with Gasteiger partial charge in [-0.25, -0.2) is 9.97 Å². The fraction of sp³-hybridized carbons (Fsp3) is 0. The quantitative estimate of drug-likeness (QED) is 0.185. The molecule has 5 heteroatoms. The molecule has 8 aromatic carbocycles. The second-order valence-electron chi connectivity index (χ2n) is 13.7. The van der Waals surface area contributed by atoms with Gasteiger partial charge >= 0.3 is 0 Å². The Hall–Kier alpha value is -6.82. The van der Waals surface area contributed by atoms with E-state index in [-0.39, 0.29) is 0 Å². The van der Waals surface area contributed by atoms with E-state index < -0.39 is 0 Å². The molecule has 4 aromatic heterocycles. The zero-order chi connectivity index (χ0) is 34.6. The number of para-hydroxylation sites is 1. The molecule has 0 aliphatic carbocycles. The van der Waals surface area contributed by atoms with Crippen molar-refractivity contribution in [3.05, 3.63) is 164 Å². The third kappa shape index (κ3) is 4.17. The van der Waals surface area contributed by atoms with Crippen LogP contribution in [0.3, 0.4) is 0 Å². The summed E-state index contributed by atoms with van der Waals surface area (Å²) in [5, 5.41) is 11.8. The van der Waals surface area contributed by atoms with Crippen LogP contribution in [0.5, 0.6) is 0 Å². The molecule has 4 heterocycles. The van der Waals surface area contributed by atoms with E-state index in [0.29, 0.717) is 5.95 Å². The minimum atomic E-state index is 0.670. The molecule has 0 atom stereocenters. The van der Waals surface area contributed by atoms with E-state index in [9.17, 15) is 0 Å². The number of benzene rings is 8. The molecule has 12 aromatic rings. The number of thiophene rings is 1. The Bertz CT molecular complexity index is 3370. The zero-order valence-corrected chi connectivity index (χ0v) is 29.1. The molecule has 246 valence electrons. The normalized spacial score (nSPS) is 12.2. The maximum absolute atomic E-state index is 6.27. The average molecular weight is 694 g/mol. The molecule has 0 radical (unpaired) electrons. The molecule has 0 saturated heterocycles. The lowest BCUT2D eigenvalue weighted by atomic mass is 10.00. The van der Waals surface area contributed by atoms with Crippen LogP contribution in [-0.2, 0) is 0 Å². The van der Waals surface area contributed by atoms with Gasteiger partial charge in [-0.15, -0.1) is 11.3 Å². The van der Waals surface area contributed by atoms with Crippen molar-refractivity contribution < 1.29 is 4.42 Å². The molecule has 0 aliphatic heterocycles. The van der Waals surface area contributed by atoms with Crippen molar-refractivity contribution >= 4 is 96.9 Å². The van der Waals surface area contributed by atoms with Crippen molar-refractivity contribution in [3.63, 3.8) is 0 Å². The number of aromatic nitrogens is 3. The summed E-state index contributed by atoms with van der Waals surface area (Å²) in [5.41, 5.74) is 8.22. The predicted octanol–water partition coefficient (Wildman–Crippen LogP) is 13.5. The van der Waals surface area contributed by atoms with Gasteiger partial charge in [0.25, 0.3) is 0 Å². The number of furan rings is 1. The van der Waals surface area contributed by atoms with Crippen molar-refractivity contribution in [1.29, 1.82) is 0 Å². The lowest BCUT2D eigenvalue weighted by Gasteiger charge is -2.11. The Morgan fingerprint density at radius 1 is 0.434 bits per heavy atom. The molecular weight excluding hydrogens is 667 g/mol. The van der Waals surface area contributed by atoms with Crippen LogP contribution in [0.2, 0.25) is 0 Å². The van der Waals surface area contributed by atoms with Crippen LogP contribution in [0.4, 0.5) is 0 Å². The lowest BCUT2D eigenvalue weighted by Crippen LogP contribution is -2.02. The number of nitrogens with zero attached hydrogens (tertiary/aromatic N) is 3.